The summed E-state index contributed by atoms with van der Waals surface area (Å²) < 4.78 is 26.3. The van der Waals surface area contributed by atoms with Crippen LogP contribution in [0.5, 0.6) is 0 Å². The Balaban J connectivity index is 2.47. The van der Waals surface area contributed by atoms with E-state index in [1.807, 2.05) is 0 Å². The minimum absolute atomic E-state index is 0.0202. The minimum atomic E-state index is -3.85. The lowest BCUT2D eigenvalue weighted by atomic mass is 10.1. The highest BCUT2D eigenvalue weighted by molar-refractivity contribution is 7.92. The van der Waals surface area contributed by atoms with Gasteiger partial charge in [0.1, 0.15) is 12.6 Å². The second kappa shape index (κ2) is 11.6. The smallest absolute Gasteiger partial charge is 0.244 e. The Bertz CT molecular complexity index is 1170. The second-order valence-corrected chi connectivity index (χ2v) is 11.4. The molecule has 0 aliphatic rings. The van der Waals surface area contributed by atoms with E-state index >= 15 is 0 Å². The highest BCUT2D eigenvalue weighted by Crippen LogP contribution is 2.29. The molecule has 7 nitrogen and oxygen atoms in total. The largest absolute Gasteiger partial charge is 0.352 e. The van der Waals surface area contributed by atoms with Crippen molar-refractivity contribution < 1.29 is 18.0 Å². The fraction of sp³-hybridized carbons (Fsp3) is 0.391. The Hall–Kier alpha value is -2.00. The van der Waals surface area contributed by atoms with Gasteiger partial charge in [-0.2, -0.15) is 0 Å². The van der Waals surface area contributed by atoms with Crippen LogP contribution in [0.4, 0.5) is 5.69 Å². The minimum Gasteiger partial charge on any atom is -0.352 e. The normalized spacial score (nSPS) is 12.4. The highest BCUT2D eigenvalue weighted by Gasteiger charge is 2.31. The van der Waals surface area contributed by atoms with Crippen LogP contribution in [-0.4, -0.2) is 50.0 Å². The molecule has 2 aromatic rings. The van der Waals surface area contributed by atoms with Crippen LogP contribution in [0.15, 0.2) is 36.4 Å². The fourth-order valence-corrected chi connectivity index (χ4v) is 4.82. The van der Waals surface area contributed by atoms with E-state index in [4.69, 9.17) is 34.8 Å². The zero-order valence-electron chi connectivity index (χ0n) is 19.6. The molecule has 1 atom stereocenters. The SMILES string of the molecule is Cc1c(Cl)cccc1N(CC(=O)N(Cc1ccc(Cl)cc1Cl)C(C)C(=O)NC(C)C)S(C)(=O)=O. The van der Waals surface area contributed by atoms with Gasteiger partial charge < -0.3 is 10.2 Å². The van der Waals surface area contributed by atoms with E-state index in [0.717, 1.165) is 10.6 Å². The molecule has 0 saturated carbocycles. The zero-order chi connectivity index (χ0) is 25.8. The van der Waals surface area contributed by atoms with E-state index in [1.165, 1.54) is 11.0 Å². The lowest BCUT2D eigenvalue weighted by Gasteiger charge is -2.32. The van der Waals surface area contributed by atoms with Crippen LogP contribution >= 0.6 is 34.8 Å². The van der Waals surface area contributed by atoms with E-state index in [2.05, 4.69) is 5.32 Å². The molecule has 186 valence electrons. The first-order chi connectivity index (χ1) is 15.7. The Morgan fingerprint density at radius 3 is 2.24 bits per heavy atom. The molecular formula is C23H28Cl3N3O4S. The Morgan fingerprint density at radius 2 is 1.68 bits per heavy atom. The third-order valence-corrected chi connectivity index (χ3v) is 7.26. The van der Waals surface area contributed by atoms with E-state index in [0.29, 0.717) is 26.2 Å². The lowest BCUT2D eigenvalue weighted by Crippen LogP contribution is -2.52. The number of hydrogen-bond donors (Lipinski definition) is 1. The van der Waals surface area contributed by atoms with Gasteiger partial charge in [-0.25, -0.2) is 8.42 Å². The maximum atomic E-state index is 13.5. The number of hydrogen-bond acceptors (Lipinski definition) is 4. The van der Waals surface area contributed by atoms with Gasteiger partial charge in [0.05, 0.1) is 11.9 Å². The molecule has 34 heavy (non-hydrogen) atoms. The van der Waals surface area contributed by atoms with Crippen LogP contribution in [0.3, 0.4) is 0 Å². The number of rotatable bonds is 9. The van der Waals surface area contributed by atoms with Crippen molar-refractivity contribution in [2.75, 3.05) is 17.1 Å². The van der Waals surface area contributed by atoms with E-state index < -0.39 is 28.5 Å². The summed E-state index contributed by atoms with van der Waals surface area (Å²) in [5, 5.41) is 3.91. The maximum Gasteiger partial charge on any atom is 0.244 e. The predicted molar refractivity (Wildman–Crippen MR) is 138 cm³/mol. The summed E-state index contributed by atoms with van der Waals surface area (Å²) in [7, 11) is -3.85. The Labute approximate surface area is 216 Å². The number of amides is 2. The predicted octanol–water partition coefficient (Wildman–Crippen LogP) is 4.66. The highest BCUT2D eigenvalue weighted by atomic mass is 35.5. The van der Waals surface area contributed by atoms with Gasteiger partial charge in [-0.15, -0.1) is 0 Å². The standard InChI is InChI=1S/C23H28Cl3N3O4S/c1-14(2)27-23(31)16(4)28(12-17-9-10-18(24)11-20(17)26)22(30)13-29(34(5,32)33)21-8-6-7-19(25)15(21)3/h6-11,14,16H,12-13H2,1-5H3,(H,27,31). The third-order valence-electron chi connectivity index (χ3n) is 5.14. The molecule has 1 N–H and O–H groups in total. The van der Waals surface area contributed by atoms with Crippen LogP contribution < -0.4 is 9.62 Å². The lowest BCUT2D eigenvalue weighted by molar-refractivity contribution is -0.139. The molecule has 0 aromatic heterocycles. The van der Waals surface area contributed by atoms with Crippen molar-refractivity contribution in [3.8, 4) is 0 Å². The first-order valence-corrected chi connectivity index (χ1v) is 13.5. The van der Waals surface area contributed by atoms with Crippen molar-refractivity contribution >= 4 is 62.3 Å². The number of carbonyl (C=O) groups excluding carboxylic acids is 2. The topological polar surface area (TPSA) is 86.8 Å². The average molecular weight is 549 g/mol. The monoisotopic (exact) mass is 547 g/mol. The number of sulfonamides is 1. The molecule has 0 bridgehead atoms. The van der Waals surface area contributed by atoms with Crippen molar-refractivity contribution in [3.05, 3.63) is 62.6 Å². The quantitative estimate of drug-likeness (QED) is 0.494. The van der Waals surface area contributed by atoms with Gasteiger partial charge in [-0.3, -0.25) is 13.9 Å². The van der Waals surface area contributed by atoms with E-state index in [1.54, 1.807) is 58.0 Å². The first kappa shape index (κ1) is 28.2. The number of carbonyl (C=O) groups is 2. The average Bonchev–Trinajstić information content (AvgIpc) is 2.72. The maximum absolute atomic E-state index is 13.5. The van der Waals surface area contributed by atoms with Gasteiger partial charge in [0.2, 0.25) is 21.8 Å². The Kier molecular flexibility index (Phi) is 9.65. The molecule has 0 aliphatic heterocycles. The van der Waals surface area contributed by atoms with Gasteiger partial charge in [-0.1, -0.05) is 46.9 Å². The number of halogens is 3. The summed E-state index contributed by atoms with van der Waals surface area (Å²) in [5.74, 6) is -0.958. The molecule has 1 unspecified atom stereocenters. The summed E-state index contributed by atoms with van der Waals surface area (Å²) >= 11 is 18.5. The third kappa shape index (κ3) is 7.25. The summed E-state index contributed by atoms with van der Waals surface area (Å²) in [4.78, 5) is 27.6. The number of nitrogens with zero attached hydrogens (tertiary/aromatic N) is 2. The van der Waals surface area contributed by atoms with E-state index in [9.17, 15) is 18.0 Å². The van der Waals surface area contributed by atoms with Gasteiger partial charge >= 0.3 is 0 Å². The number of nitrogens with one attached hydrogen (secondary N) is 1. The van der Waals surface area contributed by atoms with Gasteiger partial charge in [0.25, 0.3) is 0 Å². The van der Waals surface area contributed by atoms with Crippen LogP contribution in [-0.2, 0) is 26.2 Å². The van der Waals surface area contributed by atoms with Crippen molar-refractivity contribution in [1.82, 2.24) is 10.2 Å². The van der Waals surface area contributed by atoms with Crippen LogP contribution in [0.25, 0.3) is 0 Å². The molecule has 2 rings (SSSR count). The van der Waals surface area contributed by atoms with Gasteiger partial charge in [0.15, 0.2) is 0 Å². The molecule has 0 radical (unpaired) electrons. The van der Waals surface area contributed by atoms with Gasteiger partial charge in [0, 0.05) is 27.7 Å². The second-order valence-electron chi connectivity index (χ2n) is 8.25. The summed E-state index contributed by atoms with van der Waals surface area (Å²) in [6.45, 7) is 6.32. The fourth-order valence-electron chi connectivity index (χ4n) is 3.28. The number of anilines is 1. The van der Waals surface area contributed by atoms with Crippen LogP contribution in [0.2, 0.25) is 15.1 Å². The van der Waals surface area contributed by atoms with Crippen molar-refractivity contribution in [2.45, 2.75) is 46.3 Å². The molecule has 0 saturated heterocycles. The van der Waals surface area contributed by atoms with Crippen molar-refractivity contribution in [3.63, 3.8) is 0 Å². The summed E-state index contributed by atoms with van der Waals surface area (Å²) in [6.07, 6.45) is 1.01. The molecule has 0 heterocycles. The molecule has 0 spiro atoms. The summed E-state index contributed by atoms with van der Waals surface area (Å²) in [5.41, 5.74) is 1.36. The van der Waals surface area contributed by atoms with Gasteiger partial charge in [-0.05, 0) is 63.1 Å². The van der Waals surface area contributed by atoms with Crippen molar-refractivity contribution in [2.24, 2.45) is 0 Å². The summed E-state index contributed by atoms with van der Waals surface area (Å²) in [6, 6.07) is 8.60. The van der Waals surface area contributed by atoms with Crippen LogP contribution in [0.1, 0.15) is 31.9 Å². The number of benzene rings is 2. The molecule has 11 heteroatoms. The zero-order valence-corrected chi connectivity index (χ0v) is 22.7. The van der Waals surface area contributed by atoms with Crippen molar-refractivity contribution in [1.29, 1.82) is 0 Å². The molecule has 0 fully saturated rings. The molecule has 0 aliphatic carbocycles. The molecule has 2 aromatic carbocycles. The Morgan fingerprint density at radius 1 is 1.03 bits per heavy atom. The van der Waals surface area contributed by atoms with E-state index in [-0.39, 0.29) is 24.2 Å². The molecule has 2 amide bonds. The molecular weight excluding hydrogens is 521 g/mol. The first-order valence-electron chi connectivity index (χ1n) is 10.5. The van der Waals surface area contributed by atoms with Crippen LogP contribution in [0, 0.1) is 6.92 Å².